The third kappa shape index (κ3) is 2.88. The van der Waals surface area contributed by atoms with Crippen molar-refractivity contribution in [1.29, 1.82) is 0 Å². The number of hydrogen-bond acceptors (Lipinski definition) is 6. The highest BCUT2D eigenvalue weighted by Gasteiger charge is 2.37. The molecule has 2 aromatic heterocycles. The maximum absolute atomic E-state index is 5.81. The SMILES string of the molecule is Cc1ccc(C2N=C(Nc3nc4ccccc4o3)NC3CCCCC32)s1. The van der Waals surface area contributed by atoms with Crippen LogP contribution in [0.1, 0.15) is 41.5 Å². The number of aliphatic imine (C=N–C) groups is 1. The molecule has 0 radical (unpaired) electrons. The number of fused-ring (bicyclic) bond motifs is 2. The zero-order valence-corrected chi connectivity index (χ0v) is 15.6. The monoisotopic (exact) mass is 366 g/mol. The smallest absolute Gasteiger partial charge is 0.302 e. The van der Waals surface area contributed by atoms with Gasteiger partial charge in [0.2, 0.25) is 0 Å². The summed E-state index contributed by atoms with van der Waals surface area (Å²) in [5.41, 5.74) is 1.64. The largest absolute Gasteiger partial charge is 0.423 e. The maximum atomic E-state index is 5.81. The summed E-state index contributed by atoms with van der Waals surface area (Å²) in [7, 11) is 0. The van der Waals surface area contributed by atoms with Crippen molar-refractivity contribution in [2.75, 3.05) is 5.32 Å². The molecule has 1 aliphatic carbocycles. The Kier molecular flexibility index (Phi) is 3.93. The number of aryl methyl sites for hydroxylation is 1. The molecule has 5 nitrogen and oxygen atoms in total. The molecular formula is C20H22N4OS. The van der Waals surface area contributed by atoms with E-state index < -0.39 is 0 Å². The normalized spacial score (nSPS) is 25.4. The van der Waals surface area contributed by atoms with Crippen LogP contribution in [0.15, 0.2) is 45.8 Å². The van der Waals surface area contributed by atoms with Crippen LogP contribution in [0.4, 0.5) is 6.01 Å². The highest BCUT2D eigenvalue weighted by Crippen LogP contribution is 2.41. The number of nitrogens with zero attached hydrogens (tertiary/aromatic N) is 2. The number of nitrogens with one attached hydrogen (secondary N) is 2. The Balaban J connectivity index is 1.47. The quantitative estimate of drug-likeness (QED) is 0.679. The van der Waals surface area contributed by atoms with Crippen LogP contribution in [-0.2, 0) is 0 Å². The molecule has 0 bridgehead atoms. The fourth-order valence-electron chi connectivity index (χ4n) is 4.15. The van der Waals surface area contributed by atoms with E-state index in [1.165, 1.54) is 35.4 Å². The van der Waals surface area contributed by atoms with Crippen molar-refractivity contribution in [3.05, 3.63) is 46.2 Å². The first-order valence-corrected chi connectivity index (χ1v) is 10.1. The van der Waals surface area contributed by atoms with E-state index in [2.05, 4.69) is 34.7 Å². The van der Waals surface area contributed by atoms with Gasteiger partial charge in [-0.1, -0.05) is 25.0 Å². The van der Waals surface area contributed by atoms with Gasteiger partial charge in [0, 0.05) is 21.7 Å². The van der Waals surface area contributed by atoms with Crippen molar-refractivity contribution in [3.8, 4) is 0 Å². The molecule has 26 heavy (non-hydrogen) atoms. The molecule has 0 spiro atoms. The molecule has 6 heteroatoms. The first kappa shape index (κ1) is 15.9. The van der Waals surface area contributed by atoms with E-state index in [9.17, 15) is 0 Å². The predicted molar refractivity (Wildman–Crippen MR) is 106 cm³/mol. The van der Waals surface area contributed by atoms with Crippen LogP contribution >= 0.6 is 11.3 Å². The van der Waals surface area contributed by atoms with Crippen LogP contribution in [0.3, 0.4) is 0 Å². The number of oxazole rings is 1. The van der Waals surface area contributed by atoms with E-state index >= 15 is 0 Å². The van der Waals surface area contributed by atoms with Gasteiger partial charge in [0.1, 0.15) is 5.52 Å². The molecule has 2 aliphatic rings. The molecule has 2 N–H and O–H groups in total. The number of hydrogen-bond donors (Lipinski definition) is 2. The second kappa shape index (κ2) is 6.43. The van der Waals surface area contributed by atoms with Crippen molar-refractivity contribution in [2.24, 2.45) is 10.9 Å². The Labute approximate surface area is 156 Å². The van der Waals surface area contributed by atoms with Gasteiger partial charge >= 0.3 is 6.01 Å². The van der Waals surface area contributed by atoms with Gasteiger partial charge in [0.05, 0.1) is 6.04 Å². The molecule has 0 saturated heterocycles. The minimum absolute atomic E-state index is 0.215. The molecular weight excluding hydrogens is 344 g/mol. The van der Waals surface area contributed by atoms with Gasteiger partial charge < -0.3 is 9.73 Å². The summed E-state index contributed by atoms with van der Waals surface area (Å²) < 4.78 is 5.81. The molecule has 1 fully saturated rings. The maximum Gasteiger partial charge on any atom is 0.302 e. The van der Waals surface area contributed by atoms with Gasteiger partial charge in [0.15, 0.2) is 11.5 Å². The Hall–Kier alpha value is -2.34. The van der Waals surface area contributed by atoms with E-state index in [-0.39, 0.29) is 6.04 Å². The zero-order chi connectivity index (χ0) is 17.5. The van der Waals surface area contributed by atoms with Crippen molar-refractivity contribution >= 4 is 34.4 Å². The lowest BCUT2D eigenvalue weighted by Crippen LogP contribution is -2.50. The summed E-state index contributed by atoms with van der Waals surface area (Å²) in [5, 5.41) is 6.87. The fourth-order valence-corrected chi connectivity index (χ4v) is 5.14. The topological polar surface area (TPSA) is 62.5 Å². The molecule has 3 aromatic rings. The molecule has 0 amide bonds. The van der Waals surface area contributed by atoms with Gasteiger partial charge in [-0.3, -0.25) is 5.32 Å². The number of para-hydroxylation sites is 2. The lowest BCUT2D eigenvalue weighted by molar-refractivity contribution is 0.237. The highest BCUT2D eigenvalue weighted by molar-refractivity contribution is 7.12. The van der Waals surface area contributed by atoms with Gasteiger partial charge in [-0.2, -0.15) is 4.98 Å². The summed E-state index contributed by atoms with van der Waals surface area (Å²) in [6, 6.07) is 13.4. The molecule has 3 heterocycles. The minimum Gasteiger partial charge on any atom is -0.423 e. The van der Waals surface area contributed by atoms with Gasteiger partial charge in [-0.05, 0) is 44.0 Å². The van der Waals surface area contributed by atoms with Crippen molar-refractivity contribution in [1.82, 2.24) is 10.3 Å². The van der Waals surface area contributed by atoms with Crippen LogP contribution in [0.5, 0.6) is 0 Å². The molecule has 3 unspecified atom stereocenters. The highest BCUT2D eigenvalue weighted by atomic mass is 32.1. The summed E-state index contributed by atoms with van der Waals surface area (Å²) in [6.45, 7) is 2.16. The minimum atomic E-state index is 0.215. The lowest BCUT2D eigenvalue weighted by atomic mass is 9.78. The number of benzene rings is 1. The van der Waals surface area contributed by atoms with Gasteiger partial charge in [0.25, 0.3) is 0 Å². The number of aromatic nitrogens is 1. The van der Waals surface area contributed by atoms with Crippen LogP contribution in [0.2, 0.25) is 0 Å². The van der Waals surface area contributed by atoms with Crippen LogP contribution in [-0.4, -0.2) is 17.0 Å². The van der Waals surface area contributed by atoms with Crippen molar-refractivity contribution < 1.29 is 4.42 Å². The Morgan fingerprint density at radius 1 is 1.15 bits per heavy atom. The van der Waals surface area contributed by atoms with Crippen LogP contribution < -0.4 is 10.6 Å². The summed E-state index contributed by atoms with van der Waals surface area (Å²) in [6.07, 6.45) is 5.01. The lowest BCUT2D eigenvalue weighted by Gasteiger charge is -2.40. The number of thiophene rings is 1. The third-order valence-electron chi connectivity index (χ3n) is 5.39. The number of rotatable bonds is 2. The van der Waals surface area contributed by atoms with E-state index in [0.717, 1.165) is 17.1 Å². The Morgan fingerprint density at radius 3 is 2.88 bits per heavy atom. The molecule has 1 aromatic carbocycles. The molecule has 5 rings (SSSR count). The van der Waals surface area contributed by atoms with Crippen molar-refractivity contribution in [3.63, 3.8) is 0 Å². The average molecular weight is 366 g/mol. The summed E-state index contributed by atoms with van der Waals surface area (Å²) in [4.78, 5) is 12.2. The second-order valence-corrected chi connectivity index (χ2v) is 8.50. The molecule has 134 valence electrons. The Bertz CT molecular complexity index is 927. The third-order valence-corrected chi connectivity index (χ3v) is 6.46. The van der Waals surface area contributed by atoms with E-state index in [1.54, 1.807) is 0 Å². The van der Waals surface area contributed by atoms with Gasteiger partial charge in [-0.25, -0.2) is 4.99 Å². The van der Waals surface area contributed by atoms with E-state index in [4.69, 9.17) is 9.41 Å². The predicted octanol–water partition coefficient (Wildman–Crippen LogP) is 4.87. The molecule has 3 atom stereocenters. The summed E-state index contributed by atoms with van der Waals surface area (Å²) >= 11 is 1.86. The van der Waals surface area contributed by atoms with Crippen molar-refractivity contribution in [2.45, 2.75) is 44.7 Å². The number of guanidine groups is 1. The van der Waals surface area contributed by atoms with Gasteiger partial charge in [-0.15, -0.1) is 11.3 Å². The Morgan fingerprint density at radius 2 is 2.04 bits per heavy atom. The van der Waals surface area contributed by atoms with Crippen LogP contribution in [0, 0.1) is 12.8 Å². The second-order valence-electron chi connectivity index (χ2n) is 7.18. The standard InChI is InChI=1S/C20H22N4OS/c1-12-10-11-17(26-12)18-13-6-2-3-7-14(13)21-19(23-18)24-20-22-15-8-4-5-9-16(15)25-20/h4-5,8-11,13-14,18H,2-3,6-7H2,1H3,(H2,21,22,23,24). The van der Waals surface area contributed by atoms with E-state index in [1.807, 2.05) is 35.6 Å². The van der Waals surface area contributed by atoms with Crippen LogP contribution in [0.25, 0.3) is 11.1 Å². The number of anilines is 1. The first-order chi connectivity index (χ1) is 12.8. The first-order valence-electron chi connectivity index (χ1n) is 9.29. The van der Waals surface area contributed by atoms with E-state index in [0.29, 0.717) is 18.0 Å². The molecule has 1 aliphatic heterocycles. The fraction of sp³-hybridized carbons (Fsp3) is 0.400. The summed E-state index contributed by atoms with van der Waals surface area (Å²) in [5.74, 6) is 1.34. The average Bonchev–Trinajstić information content (AvgIpc) is 3.26. The zero-order valence-electron chi connectivity index (χ0n) is 14.7. The molecule has 1 saturated carbocycles.